The van der Waals surface area contributed by atoms with E-state index in [1.807, 2.05) is 13.8 Å². The first-order valence-electron chi connectivity index (χ1n) is 21.0. The molecule has 0 spiro atoms. The first-order chi connectivity index (χ1) is 34.4. The van der Waals surface area contributed by atoms with Gasteiger partial charge in [-0.25, -0.2) is 38.9 Å². The predicted octanol–water partition coefficient (Wildman–Crippen LogP) is 11.0. The molecule has 26 heteroatoms. The number of hydrogen-bond acceptors (Lipinski definition) is 15. The maximum absolute atomic E-state index is 13.4. The van der Waals surface area contributed by atoms with E-state index in [1.54, 1.807) is 36.4 Å². The van der Waals surface area contributed by atoms with Crippen molar-refractivity contribution in [1.82, 2.24) is 49.5 Å². The molecule has 3 N–H and O–H groups in total. The number of ether oxygens (including phenoxy) is 3. The van der Waals surface area contributed by atoms with Crippen molar-refractivity contribution in [2.24, 2.45) is 0 Å². The Balaban J connectivity index is 0.000000214. The van der Waals surface area contributed by atoms with Crippen molar-refractivity contribution in [3.8, 4) is 45.6 Å². The number of hydrogen-bond donors (Lipinski definition) is 3. The van der Waals surface area contributed by atoms with Crippen molar-refractivity contribution in [1.29, 1.82) is 0 Å². The zero-order valence-corrected chi connectivity index (χ0v) is 40.6. The number of carboxylic acids is 1. The van der Waals surface area contributed by atoms with Crippen molar-refractivity contribution in [2.75, 3.05) is 32.0 Å². The Morgan fingerprint density at radius 3 is 1.34 bits per heavy atom. The van der Waals surface area contributed by atoms with Gasteiger partial charge in [0.1, 0.15) is 11.1 Å². The number of rotatable bonds is 12. The number of benzene rings is 2. The minimum absolute atomic E-state index is 0.0122. The lowest BCUT2D eigenvalue weighted by Gasteiger charge is -2.14. The number of methoxy groups -OCH3 is 3. The third kappa shape index (κ3) is 12.0. The van der Waals surface area contributed by atoms with Crippen molar-refractivity contribution in [2.45, 2.75) is 40.0 Å². The Morgan fingerprint density at radius 2 is 0.986 bits per heavy atom. The number of carbonyl (C=O) groups excluding carboxylic acids is 1. The van der Waals surface area contributed by atoms with Gasteiger partial charge in [-0.1, -0.05) is 23.2 Å². The lowest BCUT2D eigenvalue weighted by atomic mass is 10.1. The number of aromatic nitrogens is 10. The Kier molecular flexibility index (Phi) is 15.2. The summed E-state index contributed by atoms with van der Waals surface area (Å²) in [6.07, 6.45) is -3.93. The summed E-state index contributed by atoms with van der Waals surface area (Å²) in [5, 5.41) is 23.9. The minimum atomic E-state index is -4.68. The van der Waals surface area contributed by atoms with Crippen LogP contribution in [0.5, 0.6) is 11.8 Å². The molecule has 0 fully saturated rings. The van der Waals surface area contributed by atoms with Gasteiger partial charge >= 0.3 is 24.3 Å². The monoisotopic (exact) mass is 1050 g/mol. The molecular formula is C47H38Cl2F6N12O6. The zero-order chi connectivity index (χ0) is 53.1. The molecule has 0 aliphatic carbocycles. The molecule has 0 radical (unpaired) electrons. The summed E-state index contributed by atoms with van der Waals surface area (Å²) in [6.45, 7) is 6.60. The Morgan fingerprint density at radius 1 is 0.575 bits per heavy atom. The number of alkyl halides is 6. The van der Waals surface area contributed by atoms with Crippen LogP contribution in [0.15, 0.2) is 85.5 Å². The molecule has 18 nitrogen and oxygen atoms in total. The van der Waals surface area contributed by atoms with E-state index in [4.69, 9.17) is 37.4 Å². The van der Waals surface area contributed by atoms with E-state index < -0.39 is 35.7 Å². The summed E-state index contributed by atoms with van der Waals surface area (Å²) in [7, 11) is 3.81. The Hall–Kier alpha value is -8.38. The molecule has 0 saturated carbocycles. The third-order valence-corrected chi connectivity index (χ3v) is 10.7. The van der Waals surface area contributed by atoms with E-state index in [0.717, 1.165) is 32.6 Å². The van der Waals surface area contributed by atoms with Gasteiger partial charge in [-0.3, -0.25) is 0 Å². The smallest absolute Gasteiger partial charge is 0.435 e. The van der Waals surface area contributed by atoms with Gasteiger partial charge in [0.05, 0.1) is 21.3 Å². The quantitative estimate of drug-likeness (QED) is 0.0765. The van der Waals surface area contributed by atoms with E-state index >= 15 is 0 Å². The number of aromatic carboxylic acids is 1. The molecule has 0 aliphatic rings. The molecule has 0 saturated heterocycles. The second kappa shape index (κ2) is 21.1. The van der Waals surface area contributed by atoms with Crippen LogP contribution >= 0.6 is 23.2 Å². The van der Waals surface area contributed by atoms with Crippen LogP contribution in [0.2, 0.25) is 10.0 Å². The minimum Gasteiger partial charge on any atom is -0.480 e. The van der Waals surface area contributed by atoms with Crippen LogP contribution in [-0.4, -0.2) is 87.8 Å². The number of nitrogens with zero attached hydrogens (tertiary/aromatic N) is 10. The summed E-state index contributed by atoms with van der Waals surface area (Å²) in [4.78, 5) is 49.5. The Bertz CT molecular complexity index is 3360. The highest BCUT2D eigenvalue weighted by Crippen LogP contribution is 2.36. The van der Waals surface area contributed by atoms with Crippen molar-refractivity contribution < 1.29 is 55.2 Å². The van der Waals surface area contributed by atoms with Crippen LogP contribution in [-0.2, 0) is 17.1 Å². The number of carbonyl (C=O) groups is 2. The van der Waals surface area contributed by atoms with Gasteiger partial charge < -0.3 is 30.0 Å². The Labute approximate surface area is 420 Å². The number of pyridine rings is 2. The molecule has 6 heterocycles. The lowest BCUT2D eigenvalue weighted by Crippen LogP contribution is -2.11. The maximum atomic E-state index is 13.4. The molecule has 8 rings (SSSR count). The highest BCUT2D eigenvalue weighted by molar-refractivity contribution is 6.31. The fourth-order valence-electron chi connectivity index (χ4n) is 7.06. The number of carboxylic acid groups (broad SMARTS) is 1. The predicted molar refractivity (Wildman–Crippen MR) is 255 cm³/mol. The molecular weight excluding hydrogens is 1010 g/mol. The number of aryl methyl sites for hydroxylation is 4. The van der Waals surface area contributed by atoms with Crippen LogP contribution in [0.25, 0.3) is 33.9 Å². The van der Waals surface area contributed by atoms with Crippen LogP contribution in [0, 0.1) is 27.7 Å². The second-order valence-corrected chi connectivity index (χ2v) is 16.5. The first kappa shape index (κ1) is 52.4. The first-order valence-corrected chi connectivity index (χ1v) is 21.7. The van der Waals surface area contributed by atoms with E-state index in [1.165, 1.54) is 72.1 Å². The zero-order valence-electron chi connectivity index (χ0n) is 39.1. The average molecular weight is 1050 g/mol. The molecule has 73 heavy (non-hydrogen) atoms. The molecule has 0 aliphatic heterocycles. The molecule has 6 aromatic heterocycles. The summed E-state index contributed by atoms with van der Waals surface area (Å²) in [5.41, 5.74) is 1.79. The largest absolute Gasteiger partial charge is 0.480 e. The molecule has 0 atom stereocenters. The van der Waals surface area contributed by atoms with Gasteiger partial charge in [0.25, 0.3) is 0 Å². The molecule has 378 valence electrons. The normalized spacial score (nSPS) is 11.4. The van der Waals surface area contributed by atoms with Gasteiger partial charge in [0.2, 0.25) is 23.7 Å². The topological polar surface area (TPSA) is 219 Å². The van der Waals surface area contributed by atoms with Gasteiger partial charge in [-0.05, 0) is 99.5 Å². The van der Waals surface area contributed by atoms with Crippen LogP contribution in [0.1, 0.15) is 54.6 Å². The fraction of sp³-hybridized carbons (Fsp3) is 0.191. The number of esters is 1. The number of anilines is 4. The fourth-order valence-corrected chi connectivity index (χ4v) is 7.64. The van der Waals surface area contributed by atoms with Gasteiger partial charge in [0.15, 0.2) is 23.0 Å². The molecule has 0 bridgehead atoms. The SMILES string of the molecule is COC(=O)c1cc(-c2cnc(Nc3cc(C)cc(Cl)c3)nc2-n2nc(C(F)(F)F)cc2C)cnc1OC.COc1ncc(-c2cnc(Nc3cc(C)cc(Cl)c3)nc2-n2nc(C(F)(F)F)cc2C)cc1C(=O)O. The van der Waals surface area contributed by atoms with Crippen LogP contribution < -0.4 is 20.1 Å². The van der Waals surface area contributed by atoms with E-state index in [-0.39, 0.29) is 74.5 Å². The van der Waals surface area contributed by atoms with Gasteiger partial charge in [-0.2, -0.15) is 46.5 Å². The van der Waals surface area contributed by atoms with Crippen LogP contribution in [0.4, 0.5) is 49.6 Å². The van der Waals surface area contributed by atoms with Gasteiger partial charge in [-0.15, -0.1) is 0 Å². The van der Waals surface area contributed by atoms with E-state index in [2.05, 4.69) is 50.7 Å². The second-order valence-electron chi connectivity index (χ2n) is 15.7. The molecule has 2 aromatic carbocycles. The number of nitrogens with one attached hydrogen (secondary N) is 2. The molecule has 0 amide bonds. The van der Waals surface area contributed by atoms with Crippen molar-refractivity contribution >= 4 is 58.4 Å². The van der Waals surface area contributed by atoms with Crippen molar-refractivity contribution in [3.63, 3.8) is 0 Å². The molecule has 8 aromatic rings. The third-order valence-electron chi connectivity index (χ3n) is 10.2. The lowest BCUT2D eigenvalue weighted by molar-refractivity contribution is -0.142. The maximum Gasteiger partial charge on any atom is 0.435 e. The van der Waals surface area contributed by atoms with Crippen molar-refractivity contribution in [3.05, 3.63) is 141 Å². The highest BCUT2D eigenvalue weighted by Gasteiger charge is 2.36. The van der Waals surface area contributed by atoms with E-state index in [9.17, 15) is 41.0 Å². The van der Waals surface area contributed by atoms with Crippen LogP contribution in [0.3, 0.4) is 0 Å². The summed E-state index contributed by atoms with van der Waals surface area (Å²) < 4.78 is 97.3. The van der Waals surface area contributed by atoms with Gasteiger partial charge in [0, 0.05) is 79.8 Å². The summed E-state index contributed by atoms with van der Waals surface area (Å²) in [5.74, 6) is -1.99. The summed E-state index contributed by atoms with van der Waals surface area (Å²) in [6, 6.07) is 14.9. The number of halogens is 8. The average Bonchev–Trinajstić information content (AvgIpc) is 3.93. The van der Waals surface area contributed by atoms with E-state index in [0.29, 0.717) is 27.0 Å². The summed E-state index contributed by atoms with van der Waals surface area (Å²) >= 11 is 12.2. The molecule has 0 unspecified atom stereocenters. The highest BCUT2D eigenvalue weighted by atomic mass is 35.5. The standard InChI is InChI=1S/C24H20ClF3N6O3.C23H18ClF3N6O3/c1-12-5-15(25)9-16(6-12)31-23-30-11-18(14-8-17(22(35)37-4)21(36-3)29-10-14)20(32-23)34-13(2)7-19(33-34)24(26,27)28;1-11-4-14(24)8-15(5-11)30-22-29-10-17(13-7-16(21(34)35)20(36-3)28-9-13)19(31-22)33-12(2)6-18(32-33)23(25,26)27/h5-11H,1-4H3,(H,30,31,32);4-10H,1-3H3,(H,34,35)(H,29,30,31).